The first-order valence-electron chi connectivity index (χ1n) is 6.50. The second-order valence-electron chi connectivity index (χ2n) is 4.96. The zero-order valence-corrected chi connectivity index (χ0v) is 11.1. The summed E-state index contributed by atoms with van der Waals surface area (Å²) in [5.41, 5.74) is 4.66. The molecule has 0 heterocycles. The second kappa shape index (κ2) is 4.54. The van der Waals surface area contributed by atoms with E-state index < -0.39 is 0 Å². The fourth-order valence-corrected chi connectivity index (χ4v) is 3.06. The largest absolute Gasteiger partial charge is 0.469 e. The summed E-state index contributed by atoms with van der Waals surface area (Å²) in [5, 5.41) is 0. The van der Waals surface area contributed by atoms with Crippen LogP contribution in [-0.2, 0) is 9.53 Å². The maximum atomic E-state index is 12.1. The first-order chi connectivity index (χ1) is 9.24. The predicted octanol–water partition coefficient (Wildman–Crippen LogP) is 3.73. The average molecular weight is 252 g/mol. The lowest BCUT2D eigenvalue weighted by atomic mass is 9.72. The van der Waals surface area contributed by atoms with E-state index in [-0.39, 0.29) is 17.8 Å². The highest BCUT2D eigenvalue weighted by Gasteiger charge is 2.35. The third kappa shape index (κ3) is 1.75. The minimum atomic E-state index is -0.212. The normalized spacial score (nSPS) is 20.3. The second-order valence-corrected chi connectivity index (χ2v) is 4.96. The van der Waals surface area contributed by atoms with Gasteiger partial charge in [-0.15, -0.1) is 0 Å². The lowest BCUT2D eigenvalue weighted by molar-refractivity contribution is -0.143. The molecule has 0 aliphatic heterocycles. The van der Waals surface area contributed by atoms with Crippen LogP contribution in [0.1, 0.15) is 29.9 Å². The Morgan fingerprint density at radius 3 is 2.11 bits per heavy atom. The average Bonchev–Trinajstić information content (AvgIpc) is 2.47. The Balaban J connectivity index is 2.26. The minimum absolute atomic E-state index is 0.138. The highest BCUT2D eigenvalue weighted by Crippen LogP contribution is 2.46. The zero-order valence-electron chi connectivity index (χ0n) is 11.1. The first-order valence-corrected chi connectivity index (χ1v) is 6.50. The summed E-state index contributed by atoms with van der Waals surface area (Å²) >= 11 is 0. The van der Waals surface area contributed by atoms with Crippen molar-refractivity contribution in [3.05, 3.63) is 59.7 Å². The van der Waals surface area contributed by atoms with Gasteiger partial charge in [0, 0.05) is 0 Å². The number of fused-ring (bicyclic) bond motifs is 3. The Hall–Kier alpha value is -2.09. The van der Waals surface area contributed by atoms with Gasteiger partial charge in [0.05, 0.1) is 13.0 Å². The van der Waals surface area contributed by atoms with Crippen LogP contribution in [0.3, 0.4) is 0 Å². The van der Waals surface area contributed by atoms with E-state index in [9.17, 15) is 4.79 Å². The summed E-state index contributed by atoms with van der Waals surface area (Å²) in [4.78, 5) is 12.1. The van der Waals surface area contributed by atoms with E-state index in [1.54, 1.807) is 0 Å². The van der Waals surface area contributed by atoms with E-state index >= 15 is 0 Å². The van der Waals surface area contributed by atoms with Crippen molar-refractivity contribution >= 4 is 5.97 Å². The molecule has 2 atom stereocenters. The SMILES string of the molecule is COC(=O)[C@H]1c2ccccc2-c2ccccc2[C@@H]1C. The molecule has 2 aromatic carbocycles. The van der Waals surface area contributed by atoms with E-state index in [2.05, 4.69) is 25.1 Å². The number of hydrogen-bond acceptors (Lipinski definition) is 2. The quantitative estimate of drug-likeness (QED) is 0.723. The molecule has 1 aliphatic rings. The number of ether oxygens (including phenoxy) is 1. The van der Waals surface area contributed by atoms with Gasteiger partial charge in [0.15, 0.2) is 0 Å². The van der Waals surface area contributed by atoms with Gasteiger partial charge < -0.3 is 4.74 Å². The molecule has 0 amide bonds. The predicted molar refractivity (Wildman–Crippen MR) is 75.1 cm³/mol. The van der Waals surface area contributed by atoms with Crippen LogP contribution in [0.5, 0.6) is 0 Å². The van der Waals surface area contributed by atoms with Gasteiger partial charge in [-0.3, -0.25) is 4.79 Å². The summed E-state index contributed by atoms with van der Waals surface area (Å²) < 4.78 is 4.99. The first kappa shape index (κ1) is 12.0. The van der Waals surface area contributed by atoms with Crippen LogP contribution in [-0.4, -0.2) is 13.1 Å². The fourth-order valence-electron chi connectivity index (χ4n) is 3.06. The number of esters is 1. The van der Waals surface area contributed by atoms with Crippen molar-refractivity contribution in [2.75, 3.05) is 7.11 Å². The monoisotopic (exact) mass is 252 g/mol. The molecule has 0 unspecified atom stereocenters. The van der Waals surface area contributed by atoms with Crippen molar-refractivity contribution in [1.29, 1.82) is 0 Å². The standard InChI is InChI=1S/C17H16O2/c1-11-12-7-3-4-8-13(12)14-9-5-6-10-15(14)16(11)17(18)19-2/h3-11,16H,1-2H3/t11-,16+/m0/s1. The summed E-state index contributed by atoms with van der Waals surface area (Å²) in [6, 6.07) is 16.4. The van der Waals surface area contributed by atoms with Crippen molar-refractivity contribution < 1.29 is 9.53 Å². The summed E-state index contributed by atoms with van der Waals surface area (Å²) in [6.07, 6.45) is 0. The van der Waals surface area contributed by atoms with E-state index in [1.807, 2.05) is 30.3 Å². The number of hydrogen-bond donors (Lipinski definition) is 0. The third-order valence-electron chi connectivity index (χ3n) is 3.99. The summed E-state index contributed by atoms with van der Waals surface area (Å²) in [7, 11) is 1.46. The van der Waals surface area contributed by atoms with Gasteiger partial charge in [0.25, 0.3) is 0 Å². The van der Waals surface area contributed by atoms with E-state index in [0.717, 1.165) is 11.1 Å². The lowest BCUT2D eigenvalue weighted by Gasteiger charge is -2.31. The molecule has 2 heteroatoms. The van der Waals surface area contributed by atoms with E-state index in [4.69, 9.17) is 4.74 Å². The minimum Gasteiger partial charge on any atom is -0.469 e. The van der Waals surface area contributed by atoms with Crippen molar-refractivity contribution in [3.8, 4) is 11.1 Å². The molecular formula is C17H16O2. The highest BCUT2D eigenvalue weighted by molar-refractivity contribution is 5.87. The molecular weight excluding hydrogens is 236 g/mol. The van der Waals surface area contributed by atoms with Crippen molar-refractivity contribution in [1.82, 2.24) is 0 Å². The summed E-state index contributed by atoms with van der Waals surface area (Å²) in [6.45, 7) is 2.09. The number of benzene rings is 2. The van der Waals surface area contributed by atoms with Gasteiger partial charge in [0.1, 0.15) is 0 Å². The molecule has 19 heavy (non-hydrogen) atoms. The van der Waals surface area contributed by atoms with Crippen LogP contribution in [0.2, 0.25) is 0 Å². The van der Waals surface area contributed by atoms with Gasteiger partial charge in [-0.25, -0.2) is 0 Å². The van der Waals surface area contributed by atoms with Crippen molar-refractivity contribution in [2.45, 2.75) is 18.8 Å². The van der Waals surface area contributed by atoms with Crippen LogP contribution in [0.15, 0.2) is 48.5 Å². The van der Waals surface area contributed by atoms with Crippen LogP contribution in [0.4, 0.5) is 0 Å². The van der Waals surface area contributed by atoms with Gasteiger partial charge >= 0.3 is 5.97 Å². The van der Waals surface area contributed by atoms with Crippen molar-refractivity contribution in [2.24, 2.45) is 0 Å². The van der Waals surface area contributed by atoms with Gasteiger partial charge in [-0.2, -0.15) is 0 Å². The number of carbonyl (C=O) groups excluding carboxylic acids is 1. The third-order valence-corrected chi connectivity index (χ3v) is 3.99. The molecule has 0 radical (unpaired) electrons. The molecule has 96 valence electrons. The maximum absolute atomic E-state index is 12.1. The molecule has 0 aromatic heterocycles. The Morgan fingerprint density at radius 2 is 1.47 bits per heavy atom. The molecule has 2 nitrogen and oxygen atoms in total. The van der Waals surface area contributed by atoms with Crippen LogP contribution in [0, 0.1) is 0 Å². The van der Waals surface area contributed by atoms with Gasteiger partial charge in [-0.05, 0) is 28.2 Å². The van der Waals surface area contributed by atoms with E-state index in [1.165, 1.54) is 18.2 Å². The molecule has 0 saturated carbocycles. The van der Waals surface area contributed by atoms with Gasteiger partial charge in [-0.1, -0.05) is 55.5 Å². The molecule has 3 rings (SSSR count). The highest BCUT2D eigenvalue weighted by atomic mass is 16.5. The maximum Gasteiger partial charge on any atom is 0.313 e. The Kier molecular flexibility index (Phi) is 2.86. The Morgan fingerprint density at radius 1 is 0.947 bits per heavy atom. The van der Waals surface area contributed by atoms with Gasteiger partial charge in [0.2, 0.25) is 0 Å². The van der Waals surface area contributed by atoms with Crippen molar-refractivity contribution in [3.63, 3.8) is 0 Å². The molecule has 0 bridgehead atoms. The molecule has 0 saturated heterocycles. The summed E-state index contributed by atoms with van der Waals surface area (Å²) in [5.74, 6) is -0.232. The zero-order chi connectivity index (χ0) is 13.4. The topological polar surface area (TPSA) is 26.3 Å². The smallest absolute Gasteiger partial charge is 0.313 e. The lowest BCUT2D eigenvalue weighted by Crippen LogP contribution is -2.24. The fraction of sp³-hybridized carbons (Fsp3) is 0.235. The molecule has 2 aromatic rings. The van der Waals surface area contributed by atoms with E-state index in [0.29, 0.717) is 0 Å². The molecule has 0 fully saturated rings. The molecule has 0 spiro atoms. The van der Waals surface area contributed by atoms with Crippen LogP contribution >= 0.6 is 0 Å². The van der Waals surface area contributed by atoms with Crippen LogP contribution in [0.25, 0.3) is 11.1 Å². The van der Waals surface area contributed by atoms with Crippen LogP contribution < -0.4 is 0 Å². The molecule has 1 aliphatic carbocycles. The Labute approximate surface area is 113 Å². The number of methoxy groups -OCH3 is 1. The number of rotatable bonds is 1. The molecule has 0 N–H and O–H groups in total. The Bertz CT molecular complexity index is 631. The number of carbonyl (C=O) groups is 1.